The normalized spacial score (nSPS) is 10.4. The van der Waals surface area contributed by atoms with E-state index in [1.807, 2.05) is 30.3 Å². The zero-order valence-electron chi connectivity index (χ0n) is 8.87. The molecule has 0 bridgehead atoms. The van der Waals surface area contributed by atoms with Crippen molar-refractivity contribution in [2.24, 2.45) is 0 Å². The molecule has 0 fully saturated rings. The summed E-state index contributed by atoms with van der Waals surface area (Å²) >= 11 is 3.47. The molecular weight excluding hydrogens is 268 g/mol. The highest BCUT2D eigenvalue weighted by molar-refractivity contribution is 9.10. The molecule has 0 atom stereocenters. The predicted molar refractivity (Wildman–Crippen MR) is 67.6 cm³/mol. The molecule has 0 saturated carbocycles. The van der Waals surface area contributed by atoms with Gasteiger partial charge in [-0.25, -0.2) is 4.79 Å². The van der Waals surface area contributed by atoms with Crippen molar-refractivity contribution >= 4 is 32.7 Å². The number of carbonyl (C=O) groups is 1. The van der Waals surface area contributed by atoms with Crippen LogP contribution in [-0.2, 0) is 4.74 Å². The van der Waals surface area contributed by atoms with Gasteiger partial charge in [0.2, 0.25) is 0 Å². The minimum atomic E-state index is -0.278. The van der Waals surface area contributed by atoms with Crippen LogP contribution in [0, 0.1) is 0 Å². The van der Waals surface area contributed by atoms with Crippen molar-refractivity contribution in [1.29, 1.82) is 0 Å². The van der Waals surface area contributed by atoms with E-state index in [1.165, 1.54) is 0 Å². The fraction of sp³-hybridized carbons (Fsp3) is 0.154. The Hall–Kier alpha value is -1.35. The van der Waals surface area contributed by atoms with Gasteiger partial charge in [0, 0.05) is 4.47 Å². The van der Waals surface area contributed by atoms with Gasteiger partial charge in [0.15, 0.2) is 0 Å². The molecule has 3 heteroatoms. The first-order valence-corrected chi connectivity index (χ1v) is 5.87. The standard InChI is InChI=1S/C13H11BrO2/c1-2-16-13(15)10-7-6-9-4-3-5-12(14)11(9)8-10/h3-8H,2H2,1H3. The Balaban J connectivity index is 2.51. The first-order chi connectivity index (χ1) is 7.72. The summed E-state index contributed by atoms with van der Waals surface area (Å²) < 4.78 is 5.95. The lowest BCUT2D eigenvalue weighted by atomic mass is 10.1. The molecule has 0 unspecified atom stereocenters. The fourth-order valence-corrected chi connectivity index (χ4v) is 2.07. The smallest absolute Gasteiger partial charge is 0.338 e. The van der Waals surface area contributed by atoms with Gasteiger partial charge in [-0.05, 0) is 35.9 Å². The van der Waals surface area contributed by atoms with Gasteiger partial charge in [-0.15, -0.1) is 0 Å². The van der Waals surface area contributed by atoms with Crippen LogP contribution >= 0.6 is 15.9 Å². The summed E-state index contributed by atoms with van der Waals surface area (Å²) in [7, 11) is 0. The summed E-state index contributed by atoms with van der Waals surface area (Å²) in [5, 5.41) is 2.12. The molecule has 0 aliphatic heterocycles. The zero-order valence-corrected chi connectivity index (χ0v) is 10.5. The van der Waals surface area contributed by atoms with Gasteiger partial charge in [-0.2, -0.15) is 0 Å². The van der Waals surface area contributed by atoms with Gasteiger partial charge in [-0.3, -0.25) is 0 Å². The first kappa shape index (κ1) is 11.1. The Morgan fingerprint density at radius 1 is 1.31 bits per heavy atom. The highest BCUT2D eigenvalue weighted by atomic mass is 79.9. The quantitative estimate of drug-likeness (QED) is 0.782. The molecule has 0 aliphatic carbocycles. The van der Waals surface area contributed by atoms with Crippen molar-refractivity contribution in [3.8, 4) is 0 Å². The summed E-state index contributed by atoms with van der Waals surface area (Å²) in [5.74, 6) is -0.278. The Morgan fingerprint density at radius 2 is 2.12 bits per heavy atom. The summed E-state index contributed by atoms with van der Waals surface area (Å²) in [6, 6.07) is 11.5. The number of benzene rings is 2. The maximum Gasteiger partial charge on any atom is 0.338 e. The molecule has 0 spiro atoms. The lowest BCUT2D eigenvalue weighted by Gasteiger charge is -2.04. The molecule has 2 aromatic carbocycles. The van der Waals surface area contributed by atoms with Crippen LogP contribution in [-0.4, -0.2) is 12.6 Å². The second-order valence-corrected chi connectivity index (χ2v) is 4.25. The average Bonchev–Trinajstić information content (AvgIpc) is 2.29. The monoisotopic (exact) mass is 278 g/mol. The van der Waals surface area contributed by atoms with Gasteiger partial charge in [0.25, 0.3) is 0 Å². The lowest BCUT2D eigenvalue weighted by Crippen LogP contribution is -2.04. The Bertz CT molecular complexity index is 534. The van der Waals surface area contributed by atoms with Crippen molar-refractivity contribution in [3.63, 3.8) is 0 Å². The van der Waals surface area contributed by atoms with Crippen molar-refractivity contribution in [1.82, 2.24) is 0 Å². The zero-order chi connectivity index (χ0) is 11.5. The highest BCUT2D eigenvalue weighted by Crippen LogP contribution is 2.24. The van der Waals surface area contributed by atoms with Crippen LogP contribution in [0.15, 0.2) is 40.9 Å². The van der Waals surface area contributed by atoms with E-state index in [-0.39, 0.29) is 5.97 Å². The van der Waals surface area contributed by atoms with Crippen LogP contribution < -0.4 is 0 Å². The van der Waals surface area contributed by atoms with E-state index in [9.17, 15) is 4.79 Å². The Morgan fingerprint density at radius 3 is 2.88 bits per heavy atom. The fourth-order valence-electron chi connectivity index (χ4n) is 1.58. The van der Waals surface area contributed by atoms with Crippen molar-refractivity contribution in [2.75, 3.05) is 6.61 Å². The number of rotatable bonds is 2. The van der Waals surface area contributed by atoms with Crippen LogP contribution in [0.2, 0.25) is 0 Å². The minimum absolute atomic E-state index is 0.278. The lowest BCUT2D eigenvalue weighted by molar-refractivity contribution is 0.0526. The molecule has 0 N–H and O–H groups in total. The SMILES string of the molecule is CCOC(=O)c1ccc2cccc(Br)c2c1. The van der Waals surface area contributed by atoms with E-state index in [0.717, 1.165) is 15.2 Å². The summed E-state index contributed by atoms with van der Waals surface area (Å²) in [6.07, 6.45) is 0. The molecule has 0 aliphatic rings. The third-order valence-corrected chi connectivity index (χ3v) is 3.03. The molecule has 0 saturated heterocycles. The van der Waals surface area contributed by atoms with Crippen molar-refractivity contribution in [2.45, 2.75) is 6.92 Å². The number of ether oxygens (including phenoxy) is 1. The van der Waals surface area contributed by atoms with Crippen LogP contribution in [0.5, 0.6) is 0 Å². The third kappa shape index (κ3) is 2.09. The Kier molecular flexibility index (Phi) is 3.25. The summed E-state index contributed by atoms with van der Waals surface area (Å²) in [5.41, 5.74) is 0.584. The molecule has 2 rings (SSSR count). The van der Waals surface area contributed by atoms with Gasteiger partial charge in [0.1, 0.15) is 0 Å². The molecule has 82 valence electrons. The first-order valence-electron chi connectivity index (χ1n) is 5.08. The van der Waals surface area contributed by atoms with E-state index in [4.69, 9.17) is 4.74 Å². The minimum Gasteiger partial charge on any atom is -0.462 e. The molecule has 0 heterocycles. The second kappa shape index (κ2) is 4.66. The van der Waals surface area contributed by atoms with Crippen LogP contribution in [0.3, 0.4) is 0 Å². The van der Waals surface area contributed by atoms with Crippen molar-refractivity contribution in [3.05, 3.63) is 46.4 Å². The van der Waals surface area contributed by atoms with E-state index in [0.29, 0.717) is 12.2 Å². The van der Waals surface area contributed by atoms with Crippen LogP contribution in [0.4, 0.5) is 0 Å². The maximum absolute atomic E-state index is 11.6. The number of fused-ring (bicyclic) bond motifs is 1. The predicted octanol–water partition coefficient (Wildman–Crippen LogP) is 3.78. The van der Waals surface area contributed by atoms with Crippen molar-refractivity contribution < 1.29 is 9.53 Å². The summed E-state index contributed by atoms with van der Waals surface area (Å²) in [4.78, 5) is 11.6. The van der Waals surface area contributed by atoms with Gasteiger partial charge >= 0.3 is 5.97 Å². The van der Waals surface area contributed by atoms with E-state index in [2.05, 4.69) is 15.9 Å². The number of hydrogen-bond acceptors (Lipinski definition) is 2. The molecule has 0 radical (unpaired) electrons. The van der Waals surface area contributed by atoms with Crippen LogP contribution in [0.1, 0.15) is 17.3 Å². The van der Waals surface area contributed by atoms with Crippen LogP contribution in [0.25, 0.3) is 10.8 Å². The molecular formula is C13H11BrO2. The molecule has 2 nitrogen and oxygen atoms in total. The topological polar surface area (TPSA) is 26.3 Å². The third-order valence-electron chi connectivity index (χ3n) is 2.34. The van der Waals surface area contributed by atoms with Gasteiger partial charge in [-0.1, -0.05) is 34.1 Å². The van der Waals surface area contributed by atoms with Gasteiger partial charge < -0.3 is 4.74 Å². The van der Waals surface area contributed by atoms with E-state index >= 15 is 0 Å². The summed E-state index contributed by atoms with van der Waals surface area (Å²) in [6.45, 7) is 2.20. The highest BCUT2D eigenvalue weighted by Gasteiger charge is 2.07. The number of halogens is 1. The van der Waals surface area contributed by atoms with Gasteiger partial charge in [0.05, 0.1) is 12.2 Å². The Labute approximate surface area is 102 Å². The molecule has 0 aromatic heterocycles. The number of hydrogen-bond donors (Lipinski definition) is 0. The molecule has 0 amide bonds. The molecule has 2 aromatic rings. The van der Waals surface area contributed by atoms with E-state index < -0.39 is 0 Å². The second-order valence-electron chi connectivity index (χ2n) is 3.40. The molecule has 16 heavy (non-hydrogen) atoms. The largest absolute Gasteiger partial charge is 0.462 e. The maximum atomic E-state index is 11.6. The van der Waals surface area contributed by atoms with E-state index in [1.54, 1.807) is 13.0 Å². The average molecular weight is 279 g/mol. The number of esters is 1. The number of carbonyl (C=O) groups excluding carboxylic acids is 1.